The van der Waals surface area contributed by atoms with E-state index in [0.717, 1.165) is 25.1 Å². The van der Waals surface area contributed by atoms with Crippen LogP contribution >= 0.6 is 0 Å². The van der Waals surface area contributed by atoms with Crippen LogP contribution in [0.15, 0.2) is 24.3 Å². The van der Waals surface area contributed by atoms with Crippen LogP contribution in [-0.4, -0.2) is 31.1 Å². The Labute approximate surface area is 109 Å². The summed E-state index contributed by atoms with van der Waals surface area (Å²) >= 11 is 0. The van der Waals surface area contributed by atoms with Crippen LogP contribution in [0, 0.1) is 6.92 Å². The summed E-state index contributed by atoms with van der Waals surface area (Å²) in [5.74, 6) is 0.298. The van der Waals surface area contributed by atoms with Crippen molar-refractivity contribution >= 4 is 11.6 Å². The van der Waals surface area contributed by atoms with E-state index in [4.69, 9.17) is 0 Å². The Balaban J connectivity index is 1.99. The van der Waals surface area contributed by atoms with Gasteiger partial charge >= 0.3 is 0 Å². The Bertz CT molecular complexity index is 399. The van der Waals surface area contributed by atoms with Crippen molar-refractivity contribution in [2.24, 2.45) is 0 Å². The lowest BCUT2D eigenvalue weighted by Gasteiger charge is -2.28. The number of benzene rings is 1. The molecule has 0 radical (unpaired) electrons. The molecule has 1 saturated heterocycles. The van der Waals surface area contributed by atoms with Crippen LogP contribution in [-0.2, 0) is 4.79 Å². The first-order valence-corrected chi connectivity index (χ1v) is 6.72. The lowest BCUT2D eigenvalue weighted by Crippen LogP contribution is -2.39. The number of aryl methyl sites for hydroxylation is 1. The van der Waals surface area contributed by atoms with Crippen LogP contribution in [0.4, 0.5) is 5.69 Å². The largest absolute Gasteiger partial charge is 0.357 e. The average molecular weight is 246 g/mol. The molecule has 1 aromatic rings. The van der Waals surface area contributed by atoms with Crippen molar-refractivity contribution in [1.82, 2.24) is 4.90 Å². The van der Waals surface area contributed by atoms with Gasteiger partial charge < -0.3 is 9.80 Å². The van der Waals surface area contributed by atoms with E-state index in [9.17, 15) is 4.79 Å². The average Bonchev–Trinajstić information content (AvgIpc) is 2.56. The van der Waals surface area contributed by atoms with E-state index in [0.29, 0.717) is 19.0 Å². The van der Waals surface area contributed by atoms with Gasteiger partial charge in [0.15, 0.2) is 0 Å². The summed E-state index contributed by atoms with van der Waals surface area (Å²) in [6.45, 7) is 3.68. The molecule has 0 N–H and O–H groups in total. The maximum Gasteiger partial charge on any atom is 0.223 e. The molecule has 3 nitrogen and oxygen atoms in total. The molecule has 0 unspecified atom stereocenters. The molecule has 1 amide bonds. The van der Waals surface area contributed by atoms with E-state index in [1.165, 1.54) is 12.0 Å². The van der Waals surface area contributed by atoms with Gasteiger partial charge in [0, 0.05) is 25.7 Å². The number of hydrogen-bond donors (Lipinski definition) is 0. The third kappa shape index (κ3) is 3.25. The summed E-state index contributed by atoms with van der Waals surface area (Å²) in [4.78, 5) is 16.1. The fourth-order valence-electron chi connectivity index (χ4n) is 2.33. The normalized spacial score (nSPS) is 16.6. The highest BCUT2D eigenvalue weighted by atomic mass is 16.2. The van der Waals surface area contributed by atoms with Crippen LogP contribution < -0.4 is 4.90 Å². The number of carbonyl (C=O) groups excluding carboxylic acids is 1. The van der Waals surface area contributed by atoms with Gasteiger partial charge in [0.25, 0.3) is 0 Å². The van der Waals surface area contributed by atoms with Crippen LogP contribution in [0.25, 0.3) is 0 Å². The van der Waals surface area contributed by atoms with Crippen LogP contribution in [0.2, 0.25) is 0 Å². The summed E-state index contributed by atoms with van der Waals surface area (Å²) < 4.78 is 0. The van der Waals surface area contributed by atoms with Crippen LogP contribution in [0.1, 0.15) is 31.2 Å². The molecule has 98 valence electrons. The number of anilines is 1. The van der Waals surface area contributed by atoms with Gasteiger partial charge in [0.2, 0.25) is 5.91 Å². The number of carbonyl (C=O) groups is 1. The van der Waals surface area contributed by atoms with E-state index in [1.807, 2.05) is 11.9 Å². The first kappa shape index (κ1) is 12.9. The molecular weight excluding hydrogens is 224 g/mol. The highest BCUT2D eigenvalue weighted by Gasteiger charge is 2.17. The van der Waals surface area contributed by atoms with E-state index in [1.54, 1.807) is 0 Å². The standard InChI is InChI=1S/C15H22N2O/c1-13-7-9-14(10-8-13)16(2)12-17-11-5-3-4-6-15(17)18/h7-10H,3-6,11-12H2,1-2H3. The fourth-order valence-corrected chi connectivity index (χ4v) is 2.33. The predicted molar refractivity (Wildman–Crippen MR) is 74.6 cm³/mol. The van der Waals surface area contributed by atoms with Gasteiger partial charge in [-0.3, -0.25) is 4.79 Å². The molecule has 0 atom stereocenters. The Hall–Kier alpha value is -1.51. The molecule has 0 saturated carbocycles. The molecule has 2 rings (SSSR count). The lowest BCUT2D eigenvalue weighted by atomic mass is 10.2. The zero-order valence-corrected chi connectivity index (χ0v) is 11.4. The second-order valence-electron chi connectivity index (χ2n) is 5.14. The van der Waals surface area contributed by atoms with Crippen molar-refractivity contribution in [3.05, 3.63) is 29.8 Å². The first-order chi connectivity index (χ1) is 8.66. The van der Waals surface area contributed by atoms with Crippen molar-refractivity contribution in [2.75, 3.05) is 25.2 Å². The third-order valence-corrected chi connectivity index (χ3v) is 3.53. The molecule has 3 heteroatoms. The molecule has 1 aromatic carbocycles. The Morgan fingerprint density at radius 1 is 1.17 bits per heavy atom. The highest BCUT2D eigenvalue weighted by Crippen LogP contribution is 2.16. The lowest BCUT2D eigenvalue weighted by molar-refractivity contribution is -0.130. The number of hydrogen-bond acceptors (Lipinski definition) is 2. The molecule has 1 aliphatic heterocycles. The second-order valence-corrected chi connectivity index (χ2v) is 5.14. The maximum atomic E-state index is 11.9. The van der Waals surface area contributed by atoms with Crippen molar-refractivity contribution in [1.29, 1.82) is 0 Å². The van der Waals surface area contributed by atoms with Gasteiger partial charge in [-0.1, -0.05) is 24.1 Å². The topological polar surface area (TPSA) is 23.6 Å². The van der Waals surface area contributed by atoms with Crippen LogP contribution in [0.5, 0.6) is 0 Å². The van der Waals surface area contributed by atoms with Gasteiger partial charge in [-0.2, -0.15) is 0 Å². The van der Waals surface area contributed by atoms with Crippen LogP contribution in [0.3, 0.4) is 0 Å². The maximum absolute atomic E-state index is 11.9. The Morgan fingerprint density at radius 3 is 2.61 bits per heavy atom. The molecule has 1 fully saturated rings. The number of nitrogens with zero attached hydrogens (tertiary/aromatic N) is 2. The van der Waals surface area contributed by atoms with Crippen molar-refractivity contribution in [2.45, 2.75) is 32.6 Å². The summed E-state index contributed by atoms with van der Waals surface area (Å²) in [6, 6.07) is 8.43. The van der Waals surface area contributed by atoms with Crippen molar-refractivity contribution in [3.63, 3.8) is 0 Å². The van der Waals surface area contributed by atoms with E-state index < -0.39 is 0 Å². The van der Waals surface area contributed by atoms with Gasteiger partial charge in [-0.15, -0.1) is 0 Å². The molecule has 0 spiro atoms. The van der Waals surface area contributed by atoms with Gasteiger partial charge in [0.05, 0.1) is 6.67 Å². The zero-order valence-electron chi connectivity index (χ0n) is 11.4. The molecular formula is C15H22N2O. The van der Waals surface area contributed by atoms with Crippen molar-refractivity contribution in [3.8, 4) is 0 Å². The van der Waals surface area contributed by atoms with Gasteiger partial charge in [0.1, 0.15) is 0 Å². The molecule has 1 aliphatic rings. The van der Waals surface area contributed by atoms with Gasteiger partial charge in [-0.25, -0.2) is 0 Å². The summed E-state index contributed by atoms with van der Waals surface area (Å²) in [5, 5.41) is 0. The minimum absolute atomic E-state index is 0.298. The van der Waals surface area contributed by atoms with E-state index in [-0.39, 0.29) is 0 Å². The zero-order chi connectivity index (χ0) is 13.0. The second kappa shape index (κ2) is 5.89. The summed E-state index contributed by atoms with van der Waals surface area (Å²) in [5.41, 5.74) is 2.43. The third-order valence-electron chi connectivity index (χ3n) is 3.53. The monoisotopic (exact) mass is 246 g/mol. The molecule has 0 bridgehead atoms. The van der Waals surface area contributed by atoms with E-state index >= 15 is 0 Å². The van der Waals surface area contributed by atoms with Gasteiger partial charge in [-0.05, 0) is 31.9 Å². The smallest absolute Gasteiger partial charge is 0.223 e. The number of amides is 1. The molecule has 0 aliphatic carbocycles. The molecule has 18 heavy (non-hydrogen) atoms. The predicted octanol–water partition coefficient (Wildman–Crippen LogP) is 2.79. The Morgan fingerprint density at radius 2 is 1.89 bits per heavy atom. The quantitative estimate of drug-likeness (QED) is 0.818. The Kier molecular flexibility index (Phi) is 4.24. The number of rotatable bonds is 3. The SMILES string of the molecule is Cc1ccc(N(C)CN2CCCCCC2=O)cc1. The minimum atomic E-state index is 0.298. The van der Waals surface area contributed by atoms with E-state index in [2.05, 4.69) is 36.1 Å². The molecule has 1 heterocycles. The summed E-state index contributed by atoms with van der Waals surface area (Å²) in [6.07, 6.45) is 4.06. The fraction of sp³-hybridized carbons (Fsp3) is 0.533. The highest BCUT2D eigenvalue weighted by molar-refractivity contribution is 5.76. The summed E-state index contributed by atoms with van der Waals surface area (Å²) in [7, 11) is 2.04. The van der Waals surface area contributed by atoms with Crippen molar-refractivity contribution < 1.29 is 4.79 Å². The molecule has 0 aromatic heterocycles. The first-order valence-electron chi connectivity index (χ1n) is 6.72. The number of likely N-dealkylation sites (tertiary alicyclic amines) is 1. The minimum Gasteiger partial charge on any atom is -0.357 e.